The summed E-state index contributed by atoms with van der Waals surface area (Å²) in [6.07, 6.45) is 0. The van der Waals surface area contributed by atoms with Crippen LogP contribution in [0.25, 0.3) is 11.2 Å². The van der Waals surface area contributed by atoms with Crippen molar-refractivity contribution in [2.75, 3.05) is 7.11 Å². The van der Waals surface area contributed by atoms with Gasteiger partial charge < -0.3 is 9.72 Å². The highest BCUT2D eigenvalue weighted by Crippen LogP contribution is 2.21. The Bertz CT molecular complexity index is 825. The zero-order chi connectivity index (χ0) is 14.1. The van der Waals surface area contributed by atoms with Crippen LogP contribution in [0.3, 0.4) is 0 Å². The first-order valence-corrected chi connectivity index (χ1v) is 7.26. The van der Waals surface area contributed by atoms with Gasteiger partial charge in [0.05, 0.1) is 19.2 Å². The molecule has 3 rings (SSSR count). The number of fused-ring (bicyclic) bond motifs is 1. The lowest BCUT2D eigenvalue weighted by atomic mass is 10.2. The maximum atomic E-state index is 5.39. The summed E-state index contributed by atoms with van der Waals surface area (Å²) in [4.78, 5) is 7.63. The monoisotopic (exact) mass is 349 g/mol. The number of nitrogens with one attached hydrogen (secondary N) is 1. The second kappa shape index (κ2) is 5.38. The zero-order valence-electron chi connectivity index (χ0n) is 10.8. The third-order valence-corrected chi connectivity index (χ3v) is 4.18. The molecule has 0 unspecified atom stereocenters. The lowest BCUT2D eigenvalue weighted by Crippen LogP contribution is -2.02. The molecule has 1 aromatic carbocycles. The molecular formula is C14H12BrN3OS. The molecule has 6 heteroatoms. The van der Waals surface area contributed by atoms with Gasteiger partial charge >= 0.3 is 0 Å². The minimum atomic E-state index is 0.576. The summed E-state index contributed by atoms with van der Waals surface area (Å²) in [6, 6.07) is 11.8. The van der Waals surface area contributed by atoms with Gasteiger partial charge in [-0.3, -0.25) is 4.57 Å². The molecule has 0 saturated carbocycles. The maximum absolute atomic E-state index is 5.39. The minimum absolute atomic E-state index is 0.576. The van der Waals surface area contributed by atoms with E-state index in [1.165, 1.54) is 0 Å². The van der Waals surface area contributed by atoms with Gasteiger partial charge in [-0.05, 0) is 29.9 Å². The van der Waals surface area contributed by atoms with Gasteiger partial charge in [-0.1, -0.05) is 34.1 Å². The fourth-order valence-electron chi connectivity index (χ4n) is 2.07. The van der Waals surface area contributed by atoms with Gasteiger partial charge in [0.25, 0.3) is 0 Å². The molecule has 2 aromatic heterocycles. The van der Waals surface area contributed by atoms with E-state index >= 15 is 0 Å². The predicted molar refractivity (Wildman–Crippen MR) is 84.7 cm³/mol. The van der Waals surface area contributed by atoms with Gasteiger partial charge in [0.1, 0.15) is 0 Å². The zero-order valence-corrected chi connectivity index (χ0v) is 13.2. The molecule has 2 heterocycles. The normalized spacial score (nSPS) is 10.9. The van der Waals surface area contributed by atoms with Crippen molar-refractivity contribution in [2.45, 2.75) is 6.54 Å². The van der Waals surface area contributed by atoms with Gasteiger partial charge in [-0.25, -0.2) is 0 Å². The molecule has 0 fully saturated rings. The highest BCUT2D eigenvalue weighted by atomic mass is 79.9. The Hall–Kier alpha value is -1.66. The van der Waals surface area contributed by atoms with E-state index in [0.717, 1.165) is 21.2 Å². The van der Waals surface area contributed by atoms with Gasteiger partial charge in [0.2, 0.25) is 5.88 Å². The van der Waals surface area contributed by atoms with Crippen molar-refractivity contribution in [1.29, 1.82) is 0 Å². The number of ether oxygens (including phenoxy) is 1. The number of H-pyrrole nitrogens is 1. The lowest BCUT2D eigenvalue weighted by molar-refractivity contribution is 0.399. The minimum Gasteiger partial charge on any atom is -0.481 e. The first-order valence-electron chi connectivity index (χ1n) is 6.06. The molecule has 1 N–H and O–H groups in total. The molecule has 20 heavy (non-hydrogen) atoms. The molecule has 0 aliphatic carbocycles. The summed E-state index contributed by atoms with van der Waals surface area (Å²) >= 11 is 8.94. The van der Waals surface area contributed by atoms with Crippen LogP contribution in [0, 0.1) is 4.77 Å². The molecule has 0 spiro atoms. The Morgan fingerprint density at radius 1 is 1.30 bits per heavy atom. The third kappa shape index (κ3) is 2.36. The molecule has 102 valence electrons. The molecule has 0 atom stereocenters. The fraction of sp³-hybridized carbons (Fsp3) is 0.143. The number of aromatic amines is 1. The average Bonchev–Trinajstić information content (AvgIpc) is 2.77. The number of nitrogens with zero attached hydrogens (tertiary/aromatic N) is 2. The van der Waals surface area contributed by atoms with E-state index in [2.05, 4.69) is 32.0 Å². The van der Waals surface area contributed by atoms with Crippen molar-refractivity contribution in [3.05, 3.63) is 51.2 Å². The van der Waals surface area contributed by atoms with Crippen LogP contribution in [0.2, 0.25) is 0 Å². The van der Waals surface area contributed by atoms with Crippen LogP contribution < -0.4 is 4.74 Å². The van der Waals surface area contributed by atoms with E-state index in [0.29, 0.717) is 17.2 Å². The number of methoxy groups -OCH3 is 1. The van der Waals surface area contributed by atoms with Crippen LogP contribution in [0.1, 0.15) is 5.56 Å². The highest BCUT2D eigenvalue weighted by Gasteiger charge is 2.09. The molecule has 0 radical (unpaired) electrons. The van der Waals surface area contributed by atoms with Crippen molar-refractivity contribution < 1.29 is 4.74 Å². The maximum Gasteiger partial charge on any atom is 0.215 e. The number of hydrogen-bond acceptors (Lipinski definition) is 3. The van der Waals surface area contributed by atoms with Crippen LogP contribution in [0.15, 0.2) is 40.9 Å². The van der Waals surface area contributed by atoms with Gasteiger partial charge in [-0.15, -0.1) is 0 Å². The fourth-order valence-corrected chi connectivity index (χ4v) is 2.74. The molecule has 0 aliphatic rings. The summed E-state index contributed by atoms with van der Waals surface area (Å²) < 4.78 is 8.85. The molecule has 0 saturated heterocycles. The first-order chi connectivity index (χ1) is 9.69. The number of pyridine rings is 1. The molecule has 0 bridgehead atoms. The Kier molecular flexibility index (Phi) is 3.58. The molecular weight excluding hydrogens is 338 g/mol. The summed E-state index contributed by atoms with van der Waals surface area (Å²) in [6.45, 7) is 0.653. The second-order valence-corrected chi connectivity index (χ2v) is 5.57. The summed E-state index contributed by atoms with van der Waals surface area (Å²) in [5, 5.41) is 0. The standard InChI is InChI=1S/C14H12BrN3OS/c1-19-12-7-6-11-13(17-12)18(14(20)16-11)8-9-4-2-3-5-10(9)15/h2-7H,8H2,1H3,(H,16,20). The molecule has 4 nitrogen and oxygen atoms in total. The SMILES string of the molecule is COc1ccc2[nH]c(=S)n(Cc3ccccc3Br)c2n1. The Morgan fingerprint density at radius 2 is 2.10 bits per heavy atom. The second-order valence-electron chi connectivity index (χ2n) is 4.33. The van der Waals surface area contributed by atoms with E-state index in [1.54, 1.807) is 7.11 Å². The van der Waals surface area contributed by atoms with Crippen molar-refractivity contribution in [2.24, 2.45) is 0 Å². The summed E-state index contributed by atoms with van der Waals surface area (Å²) in [5.41, 5.74) is 2.85. The van der Waals surface area contributed by atoms with Crippen LogP contribution in [-0.4, -0.2) is 21.6 Å². The van der Waals surface area contributed by atoms with Gasteiger partial charge in [0.15, 0.2) is 10.4 Å². The Labute approximate surface area is 129 Å². The average molecular weight is 350 g/mol. The van der Waals surface area contributed by atoms with E-state index in [4.69, 9.17) is 17.0 Å². The lowest BCUT2D eigenvalue weighted by Gasteiger charge is -2.07. The van der Waals surface area contributed by atoms with Gasteiger partial charge in [-0.2, -0.15) is 4.98 Å². The van der Waals surface area contributed by atoms with E-state index < -0.39 is 0 Å². The summed E-state index contributed by atoms with van der Waals surface area (Å²) in [7, 11) is 1.60. The number of imidazole rings is 1. The predicted octanol–water partition coefficient (Wildman–Crippen LogP) is 3.91. The first kappa shape index (κ1) is 13.3. The van der Waals surface area contributed by atoms with Crippen LogP contribution in [0.4, 0.5) is 0 Å². The number of rotatable bonds is 3. The number of halogens is 1. The van der Waals surface area contributed by atoms with Crippen molar-refractivity contribution in [3.8, 4) is 5.88 Å². The van der Waals surface area contributed by atoms with E-state index in [1.807, 2.05) is 34.9 Å². The highest BCUT2D eigenvalue weighted by molar-refractivity contribution is 9.10. The van der Waals surface area contributed by atoms with Crippen LogP contribution in [0.5, 0.6) is 5.88 Å². The van der Waals surface area contributed by atoms with E-state index in [-0.39, 0.29) is 0 Å². The number of benzene rings is 1. The molecule has 0 amide bonds. The van der Waals surface area contributed by atoms with Crippen molar-refractivity contribution in [1.82, 2.24) is 14.5 Å². The largest absolute Gasteiger partial charge is 0.481 e. The van der Waals surface area contributed by atoms with Crippen molar-refractivity contribution in [3.63, 3.8) is 0 Å². The molecule has 3 aromatic rings. The summed E-state index contributed by atoms with van der Waals surface area (Å²) in [5.74, 6) is 0.576. The quantitative estimate of drug-likeness (QED) is 0.729. The topological polar surface area (TPSA) is 42.8 Å². The van der Waals surface area contributed by atoms with Crippen LogP contribution >= 0.6 is 28.1 Å². The smallest absolute Gasteiger partial charge is 0.215 e. The Morgan fingerprint density at radius 3 is 2.85 bits per heavy atom. The Balaban J connectivity index is 2.13. The van der Waals surface area contributed by atoms with Gasteiger partial charge in [0, 0.05) is 10.5 Å². The third-order valence-electron chi connectivity index (χ3n) is 3.09. The molecule has 0 aliphatic heterocycles. The van der Waals surface area contributed by atoms with Crippen molar-refractivity contribution >= 4 is 39.3 Å². The number of hydrogen-bond donors (Lipinski definition) is 1. The van der Waals surface area contributed by atoms with E-state index in [9.17, 15) is 0 Å². The number of aromatic nitrogens is 3. The van der Waals surface area contributed by atoms with Crippen LogP contribution in [-0.2, 0) is 6.54 Å².